The summed E-state index contributed by atoms with van der Waals surface area (Å²) in [5.74, 6) is 0.795. The molecular formula is C22H29BrN4O3. The molecule has 3 aromatic rings. The van der Waals surface area contributed by atoms with Gasteiger partial charge in [-0.25, -0.2) is 9.78 Å². The lowest BCUT2D eigenvalue weighted by Crippen LogP contribution is -2.48. The van der Waals surface area contributed by atoms with Crippen molar-refractivity contribution in [3.05, 3.63) is 34.7 Å². The van der Waals surface area contributed by atoms with Crippen molar-refractivity contribution >= 4 is 44.0 Å². The van der Waals surface area contributed by atoms with Gasteiger partial charge in [-0.15, -0.1) is 0 Å². The lowest BCUT2D eigenvalue weighted by molar-refractivity contribution is 0.0462. The molecule has 8 heteroatoms. The number of halogens is 1. The molecule has 0 aliphatic carbocycles. The highest BCUT2D eigenvalue weighted by molar-refractivity contribution is 9.10. The molecule has 0 aliphatic heterocycles. The number of fused-ring (bicyclic) bond motifs is 3. The van der Waals surface area contributed by atoms with E-state index in [1.54, 1.807) is 6.20 Å². The molecule has 0 fully saturated rings. The summed E-state index contributed by atoms with van der Waals surface area (Å²) in [5, 5.41) is 3.98. The third-order valence-corrected chi connectivity index (χ3v) is 4.94. The highest BCUT2D eigenvalue weighted by Gasteiger charge is 2.27. The van der Waals surface area contributed by atoms with E-state index in [2.05, 4.69) is 30.8 Å². The number of benzene rings is 1. The summed E-state index contributed by atoms with van der Waals surface area (Å²) in [6.07, 6.45) is 1.34. The van der Waals surface area contributed by atoms with E-state index in [4.69, 9.17) is 14.5 Å². The van der Waals surface area contributed by atoms with Crippen LogP contribution in [0.3, 0.4) is 0 Å². The molecule has 0 bridgehead atoms. The Balaban J connectivity index is 2.04. The monoisotopic (exact) mass is 476 g/mol. The number of imidazole rings is 1. The van der Waals surface area contributed by atoms with E-state index < -0.39 is 17.2 Å². The quantitative estimate of drug-likeness (QED) is 0.529. The number of rotatable bonds is 6. The summed E-state index contributed by atoms with van der Waals surface area (Å²) in [4.78, 5) is 21.7. The first-order valence-electron chi connectivity index (χ1n) is 10.0. The van der Waals surface area contributed by atoms with Crippen LogP contribution in [0.1, 0.15) is 47.4 Å². The van der Waals surface area contributed by atoms with Gasteiger partial charge in [0.05, 0.1) is 22.8 Å². The number of alkyl carbamates (subject to hydrolysis) is 1. The van der Waals surface area contributed by atoms with Crippen molar-refractivity contribution in [2.45, 2.75) is 65.8 Å². The zero-order valence-corrected chi connectivity index (χ0v) is 20.0. The minimum Gasteiger partial charge on any atom is -0.444 e. The van der Waals surface area contributed by atoms with Crippen LogP contribution in [0.5, 0.6) is 0 Å². The average Bonchev–Trinajstić information content (AvgIpc) is 2.94. The van der Waals surface area contributed by atoms with Crippen LogP contribution in [0.25, 0.3) is 21.9 Å². The van der Waals surface area contributed by atoms with Crippen molar-refractivity contribution in [1.29, 1.82) is 0 Å². The second-order valence-corrected chi connectivity index (χ2v) is 9.83. The Hall–Kier alpha value is -2.19. The fraction of sp³-hybridized carbons (Fsp3) is 0.500. The molecular weight excluding hydrogens is 448 g/mol. The zero-order chi connectivity index (χ0) is 22.1. The first-order chi connectivity index (χ1) is 14.0. The molecule has 0 aliphatic rings. The van der Waals surface area contributed by atoms with Crippen LogP contribution in [-0.2, 0) is 22.6 Å². The predicted octanol–water partition coefficient (Wildman–Crippen LogP) is 5.19. The maximum absolute atomic E-state index is 12.4. The van der Waals surface area contributed by atoms with Gasteiger partial charge in [0.2, 0.25) is 0 Å². The van der Waals surface area contributed by atoms with E-state index in [-0.39, 0.29) is 0 Å². The summed E-state index contributed by atoms with van der Waals surface area (Å²) in [5.41, 5.74) is 1.51. The van der Waals surface area contributed by atoms with Gasteiger partial charge in [0.1, 0.15) is 23.5 Å². The van der Waals surface area contributed by atoms with Crippen LogP contribution < -0.4 is 5.32 Å². The second kappa shape index (κ2) is 8.51. The Morgan fingerprint density at radius 2 is 1.93 bits per heavy atom. The van der Waals surface area contributed by atoms with Crippen molar-refractivity contribution in [3.8, 4) is 0 Å². The molecule has 162 valence electrons. The molecule has 0 saturated heterocycles. The molecule has 30 heavy (non-hydrogen) atoms. The van der Waals surface area contributed by atoms with Crippen LogP contribution in [-0.4, -0.2) is 38.4 Å². The van der Waals surface area contributed by atoms with Crippen molar-refractivity contribution in [1.82, 2.24) is 19.9 Å². The topological polar surface area (TPSA) is 78.3 Å². The van der Waals surface area contributed by atoms with Gasteiger partial charge < -0.3 is 19.4 Å². The minimum atomic E-state index is -0.581. The number of nitrogens with one attached hydrogen (secondary N) is 1. The molecule has 0 radical (unpaired) electrons. The second-order valence-electron chi connectivity index (χ2n) is 8.92. The van der Waals surface area contributed by atoms with E-state index in [1.807, 2.05) is 59.7 Å². The first-order valence-corrected chi connectivity index (χ1v) is 10.8. The number of amides is 1. The van der Waals surface area contributed by atoms with Crippen molar-refractivity contribution < 1.29 is 14.3 Å². The zero-order valence-electron chi connectivity index (χ0n) is 18.4. The lowest BCUT2D eigenvalue weighted by atomic mass is 10.1. The largest absolute Gasteiger partial charge is 0.444 e. The number of pyridine rings is 1. The third kappa shape index (κ3) is 5.29. The molecule has 0 saturated carbocycles. The van der Waals surface area contributed by atoms with Crippen LogP contribution in [0.15, 0.2) is 28.9 Å². The van der Waals surface area contributed by atoms with Gasteiger partial charge in [-0.05, 0) is 59.7 Å². The van der Waals surface area contributed by atoms with Crippen LogP contribution in [0, 0.1) is 0 Å². The molecule has 3 rings (SSSR count). The van der Waals surface area contributed by atoms with Crippen LogP contribution in [0.4, 0.5) is 4.79 Å². The molecule has 0 atom stereocenters. The highest BCUT2D eigenvalue weighted by atomic mass is 79.9. The van der Waals surface area contributed by atoms with Gasteiger partial charge in [0.25, 0.3) is 0 Å². The maximum atomic E-state index is 12.4. The smallest absolute Gasteiger partial charge is 0.408 e. The van der Waals surface area contributed by atoms with Crippen LogP contribution >= 0.6 is 15.9 Å². The Labute approximate surface area is 185 Å². The first kappa shape index (κ1) is 22.5. The molecule has 1 aromatic carbocycles. The summed E-state index contributed by atoms with van der Waals surface area (Å²) in [7, 11) is 0. The number of ether oxygens (including phenoxy) is 2. The number of nitrogens with zero attached hydrogens (tertiary/aromatic N) is 3. The van der Waals surface area contributed by atoms with Gasteiger partial charge in [0, 0.05) is 23.0 Å². The average molecular weight is 477 g/mol. The number of carbonyl (C=O) groups excluding carboxylic acids is 1. The van der Waals surface area contributed by atoms with Gasteiger partial charge in [-0.1, -0.05) is 15.9 Å². The fourth-order valence-corrected chi connectivity index (χ4v) is 3.67. The van der Waals surface area contributed by atoms with E-state index in [0.29, 0.717) is 19.8 Å². The minimum absolute atomic E-state index is 0.381. The van der Waals surface area contributed by atoms with E-state index in [1.165, 1.54) is 0 Å². The summed E-state index contributed by atoms with van der Waals surface area (Å²) >= 11 is 3.51. The summed E-state index contributed by atoms with van der Waals surface area (Å²) < 4.78 is 14.2. The molecule has 2 aromatic heterocycles. The summed E-state index contributed by atoms with van der Waals surface area (Å²) in [6, 6.07) is 6.01. The number of hydrogen-bond acceptors (Lipinski definition) is 5. The number of carbonyl (C=O) groups is 1. The molecule has 0 unspecified atom stereocenters. The Bertz CT molecular complexity index is 1070. The summed E-state index contributed by atoms with van der Waals surface area (Å²) in [6.45, 7) is 12.9. The standard InChI is InChI=1S/C22H29BrN4O3/c1-7-29-12-18-25-17-11-24-16-10-14(23)8-9-15(16)19(17)27(18)13-22(5,6)26-20(28)30-21(2,3)4/h8-11H,7,12-13H2,1-6H3,(H,26,28). The van der Waals surface area contributed by atoms with Crippen LogP contribution in [0.2, 0.25) is 0 Å². The molecule has 1 amide bonds. The van der Waals surface area contributed by atoms with Crippen molar-refractivity contribution in [2.75, 3.05) is 6.61 Å². The van der Waals surface area contributed by atoms with Crippen molar-refractivity contribution in [2.24, 2.45) is 0 Å². The number of aromatic nitrogens is 3. The normalized spacial score (nSPS) is 12.5. The highest BCUT2D eigenvalue weighted by Crippen LogP contribution is 2.28. The molecule has 7 nitrogen and oxygen atoms in total. The Morgan fingerprint density at radius 1 is 1.20 bits per heavy atom. The Morgan fingerprint density at radius 3 is 2.60 bits per heavy atom. The maximum Gasteiger partial charge on any atom is 0.408 e. The third-order valence-electron chi connectivity index (χ3n) is 4.44. The molecule has 1 N–H and O–H groups in total. The van der Waals surface area contributed by atoms with Gasteiger partial charge >= 0.3 is 6.09 Å². The van der Waals surface area contributed by atoms with Crippen molar-refractivity contribution in [3.63, 3.8) is 0 Å². The molecule has 0 spiro atoms. The van der Waals surface area contributed by atoms with Gasteiger partial charge in [-0.3, -0.25) is 4.98 Å². The van der Waals surface area contributed by atoms with E-state index >= 15 is 0 Å². The van der Waals surface area contributed by atoms with Gasteiger partial charge in [-0.2, -0.15) is 0 Å². The molecule has 2 heterocycles. The lowest BCUT2D eigenvalue weighted by Gasteiger charge is -2.30. The number of hydrogen-bond donors (Lipinski definition) is 1. The predicted molar refractivity (Wildman–Crippen MR) is 122 cm³/mol. The fourth-order valence-electron chi connectivity index (χ4n) is 3.32. The van der Waals surface area contributed by atoms with Gasteiger partial charge in [0.15, 0.2) is 0 Å². The SMILES string of the molecule is CCOCc1nc2cnc3cc(Br)ccc3c2n1CC(C)(C)NC(=O)OC(C)(C)C. The van der Waals surface area contributed by atoms with E-state index in [9.17, 15) is 4.79 Å². The van der Waals surface area contributed by atoms with E-state index in [0.717, 1.165) is 32.2 Å². The Kier molecular flexibility index (Phi) is 6.38.